The van der Waals surface area contributed by atoms with Gasteiger partial charge in [-0.15, -0.1) is 0 Å². The lowest BCUT2D eigenvalue weighted by Crippen LogP contribution is -2.37. The van der Waals surface area contributed by atoms with Crippen molar-refractivity contribution in [2.24, 2.45) is 5.92 Å². The zero-order valence-corrected chi connectivity index (χ0v) is 14.0. The molecule has 2 aliphatic carbocycles. The summed E-state index contributed by atoms with van der Waals surface area (Å²) in [6, 6.07) is 1.61. The van der Waals surface area contributed by atoms with Gasteiger partial charge in [0.1, 0.15) is 5.76 Å². The lowest BCUT2D eigenvalue weighted by Gasteiger charge is -2.26. The maximum Gasteiger partial charge on any atom is 0.303 e. The number of aromatic nitrogens is 1. The fourth-order valence-corrected chi connectivity index (χ4v) is 3.59. The van der Waals surface area contributed by atoms with Crippen LogP contribution in [-0.4, -0.2) is 28.2 Å². The molecule has 0 radical (unpaired) electrons. The second-order valence-electron chi connectivity index (χ2n) is 7.23. The molecule has 0 bridgehead atoms. The van der Waals surface area contributed by atoms with Gasteiger partial charge < -0.3 is 14.9 Å². The van der Waals surface area contributed by atoms with Crippen LogP contribution >= 0.6 is 0 Å². The second kappa shape index (κ2) is 7.81. The van der Waals surface area contributed by atoms with Crippen LogP contribution in [0.2, 0.25) is 0 Å². The minimum atomic E-state index is -0.824. The van der Waals surface area contributed by atoms with Crippen LogP contribution in [0.4, 0.5) is 0 Å². The maximum atomic E-state index is 12.4. The van der Waals surface area contributed by atoms with Crippen molar-refractivity contribution in [2.75, 3.05) is 0 Å². The molecule has 1 aromatic heterocycles. The van der Waals surface area contributed by atoms with E-state index in [1.165, 1.54) is 32.1 Å². The molecule has 2 aliphatic rings. The third kappa shape index (κ3) is 4.82. The monoisotopic (exact) mass is 334 g/mol. The van der Waals surface area contributed by atoms with E-state index in [0.29, 0.717) is 24.0 Å². The number of carbonyl (C=O) groups is 2. The van der Waals surface area contributed by atoms with Gasteiger partial charge >= 0.3 is 5.97 Å². The van der Waals surface area contributed by atoms with Crippen molar-refractivity contribution in [1.29, 1.82) is 0 Å². The van der Waals surface area contributed by atoms with Crippen LogP contribution in [0.15, 0.2) is 10.6 Å². The van der Waals surface area contributed by atoms with E-state index < -0.39 is 5.97 Å². The first kappa shape index (κ1) is 17.0. The molecule has 1 unspecified atom stereocenters. The molecule has 6 heteroatoms. The molecule has 0 spiro atoms. The summed E-state index contributed by atoms with van der Waals surface area (Å²) < 4.78 is 5.23. The highest BCUT2D eigenvalue weighted by atomic mass is 16.5. The number of rotatable bonds is 8. The summed E-state index contributed by atoms with van der Waals surface area (Å²) in [6.07, 6.45) is 9.69. The maximum absolute atomic E-state index is 12.4. The third-order valence-electron chi connectivity index (χ3n) is 5.13. The average Bonchev–Trinajstić information content (AvgIpc) is 3.30. The van der Waals surface area contributed by atoms with Gasteiger partial charge in [0.15, 0.2) is 5.69 Å². The fourth-order valence-electron chi connectivity index (χ4n) is 3.59. The van der Waals surface area contributed by atoms with Crippen LogP contribution in [-0.2, 0) is 4.79 Å². The molecule has 132 valence electrons. The van der Waals surface area contributed by atoms with Crippen molar-refractivity contribution in [2.45, 2.75) is 76.2 Å². The Hall–Kier alpha value is -1.85. The molecule has 3 rings (SSSR count). The molecule has 0 aliphatic heterocycles. The van der Waals surface area contributed by atoms with Crippen molar-refractivity contribution in [3.63, 3.8) is 0 Å². The molecule has 1 amide bonds. The lowest BCUT2D eigenvalue weighted by atomic mass is 9.84. The van der Waals surface area contributed by atoms with Gasteiger partial charge in [-0.05, 0) is 31.6 Å². The number of nitrogens with zero attached hydrogens (tertiary/aromatic N) is 1. The predicted molar refractivity (Wildman–Crippen MR) is 87.8 cm³/mol. The van der Waals surface area contributed by atoms with Gasteiger partial charge in [-0.25, -0.2) is 0 Å². The number of carboxylic acid groups (broad SMARTS) is 1. The normalized spacial score (nSPS) is 19.8. The van der Waals surface area contributed by atoms with Crippen LogP contribution in [0.1, 0.15) is 86.4 Å². The van der Waals surface area contributed by atoms with Gasteiger partial charge in [-0.3, -0.25) is 9.59 Å². The van der Waals surface area contributed by atoms with Crippen molar-refractivity contribution in [1.82, 2.24) is 10.5 Å². The molecule has 6 nitrogen and oxygen atoms in total. The summed E-state index contributed by atoms with van der Waals surface area (Å²) in [6.45, 7) is 0. The van der Waals surface area contributed by atoms with Gasteiger partial charge in [-0.2, -0.15) is 0 Å². The Kier molecular flexibility index (Phi) is 5.53. The third-order valence-corrected chi connectivity index (χ3v) is 5.13. The van der Waals surface area contributed by atoms with Crippen LogP contribution < -0.4 is 5.32 Å². The molecular formula is C18H26N2O4. The van der Waals surface area contributed by atoms with Gasteiger partial charge in [0.25, 0.3) is 5.91 Å². The summed E-state index contributed by atoms with van der Waals surface area (Å²) in [5.41, 5.74) is 0.306. The Morgan fingerprint density at radius 1 is 1.25 bits per heavy atom. The molecule has 1 heterocycles. The second-order valence-corrected chi connectivity index (χ2v) is 7.23. The molecular weight excluding hydrogens is 308 g/mol. The Labute approximate surface area is 142 Å². The largest absolute Gasteiger partial charge is 0.481 e. The van der Waals surface area contributed by atoms with Crippen LogP contribution in [0.3, 0.4) is 0 Å². The lowest BCUT2D eigenvalue weighted by molar-refractivity contribution is -0.137. The summed E-state index contributed by atoms with van der Waals surface area (Å²) in [5, 5.41) is 15.8. The highest BCUT2D eigenvalue weighted by Gasteiger charge is 2.29. The minimum absolute atomic E-state index is 0.0732. The van der Waals surface area contributed by atoms with Crippen molar-refractivity contribution >= 4 is 11.9 Å². The van der Waals surface area contributed by atoms with E-state index in [9.17, 15) is 9.59 Å². The van der Waals surface area contributed by atoms with E-state index in [0.717, 1.165) is 25.0 Å². The van der Waals surface area contributed by atoms with E-state index in [-0.39, 0.29) is 18.4 Å². The van der Waals surface area contributed by atoms with Gasteiger partial charge in [0.2, 0.25) is 0 Å². The van der Waals surface area contributed by atoms with E-state index in [2.05, 4.69) is 10.5 Å². The Morgan fingerprint density at radius 2 is 2.00 bits per heavy atom. The van der Waals surface area contributed by atoms with Crippen LogP contribution in [0.25, 0.3) is 0 Å². The Balaban J connectivity index is 1.57. The molecule has 0 saturated heterocycles. The Morgan fingerprint density at radius 3 is 2.67 bits per heavy atom. The van der Waals surface area contributed by atoms with Crippen molar-refractivity contribution in [3.8, 4) is 0 Å². The minimum Gasteiger partial charge on any atom is -0.481 e. The number of carbonyl (C=O) groups excluding carboxylic acids is 1. The average molecular weight is 334 g/mol. The molecule has 2 N–H and O–H groups in total. The summed E-state index contributed by atoms with van der Waals surface area (Å²) >= 11 is 0. The zero-order chi connectivity index (χ0) is 16.9. The van der Waals surface area contributed by atoms with Crippen LogP contribution in [0.5, 0.6) is 0 Å². The summed E-state index contributed by atoms with van der Waals surface area (Å²) in [4.78, 5) is 23.3. The van der Waals surface area contributed by atoms with E-state index in [1.807, 2.05) is 0 Å². The van der Waals surface area contributed by atoms with Crippen LogP contribution in [0, 0.1) is 5.92 Å². The zero-order valence-electron chi connectivity index (χ0n) is 14.0. The molecule has 0 aromatic carbocycles. The number of hydrogen-bond donors (Lipinski definition) is 2. The molecule has 1 aromatic rings. The van der Waals surface area contributed by atoms with Gasteiger partial charge in [0, 0.05) is 24.4 Å². The summed E-state index contributed by atoms with van der Waals surface area (Å²) in [7, 11) is 0. The topological polar surface area (TPSA) is 92.4 Å². The Bertz CT molecular complexity index is 573. The molecule has 1 atom stereocenters. The van der Waals surface area contributed by atoms with Crippen molar-refractivity contribution in [3.05, 3.63) is 17.5 Å². The number of hydrogen-bond acceptors (Lipinski definition) is 4. The van der Waals surface area contributed by atoms with E-state index in [1.54, 1.807) is 6.07 Å². The first-order valence-electron chi connectivity index (χ1n) is 9.11. The molecule has 2 fully saturated rings. The number of aliphatic carboxylic acids is 1. The quantitative estimate of drug-likeness (QED) is 0.759. The number of carboxylic acids is 1. The SMILES string of the molecule is O=C(O)CCC(CC1CCCCC1)NC(=O)c1cc(C2CC2)on1. The smallest absolute Gasteiger partial charge is 0.303 e. The van der Waals surface area contributed by atoms with Gasteiger partial charge in [0.05, 0.1) is 0 Å². The number of nitrogens with one attached hydrogen (secondary N) is 1. The van der Waals surface area contributed by atoms with E-state index in [4.69, 9.17) is 9.63 Å². The molecule has 24 heavy (non-hydrogen) atoms. The van der Waals surface area contributed by atoms with Crippen molar-refractivity contribution < 1.29 is 19.2 Å². The summed E-state index contributed by atoms with van der Waals surface area (Å²) in [5.74, 6) is 0.711. The van der Waals surface area contributed by atoms with E-state index >= 15 is 0 Å². The first-order valence-corrected chi connectivity index (χ1v) is 9.11. The van der Waals surface area contributed by atoms with Gasteiger partial charge in [-0.1, -0.05) is 37.3 Å². The molecule has 2 saturated carbocycles. The number of amides is 1. The standard InChI is InChI=1S/C18H26N2O4/c21-17(22)9-8-14(10-12-4-2-1-3-5-12)19-18(23)15-11-16(24-20-15)13-6-7-13/h11-14H,1-10H2,(H,19,23)(H,21,22). The highest BCUT2D eigenvalue weighted by molar-refractivity contribution is 5.92. The highest BCUT2D eigenvalue weighted by Crippen LogP contribution is 2.40. The predicted octanol–water partition coefficient (Wildman–Crippen LogP) is 3.49. The first-order chi connectivity index (χ1) is 11.6. The fraction of sp³-hybridized carbons (Fsp3) is 0.722.